The molecule has 11 nitrogen and oxygen atoms in total. The first kappa shape index (κ1) is 23.8. The molecule has 2 rings (SSSR count). The molecule has 0 saturated carbocycles. The van der Waals surface area contributed by atoms with Crippen LogP contribution in [0.15, 0.2) is 18.3 Å². The molecule has 166 valence electrons. The predicted octanol–water partition coefficient (Wildman–Crippen LogP) is 0.751. The SMILES string of the molecule is CC(=O)OC[C@H]1O[C@H](c2cc(C#N)ccn2)[C@@H](OC(C)=O)[C@@H](OC(C)=O)[C@@H]1OC(C)=O. The molecule has 1 aliphatic rings. The van der Waals surface area contributed by atoms with Crippen molar-refractivity contribution in [2.45, 2.75) is 58.2 Å². The van der Waals surface area contributed by atoms with E-state index in [0.29, 0.717) is 0 Å². The summed E-state index contributed by atoms with van der Waals surface area (Å²) in [6.07, 6.45) is -4.64. The Kier molecular flexibility index (Phi) is 8.04. The van der Waals surface area contributed by atoms with Crippen LogP contribution in [-0.4, -0.2) is 59.9 Å². The molecule has 0 radical (unpaired) electrons. The van der Waals surface area contributed by atoms with Crippen LogP contribution in [0.25, 0.3) is 0 Å². The molecule has 1 aliphatic heterocycles. The van der Waals surface area contributed by atoms with Crippen molar-refractivity contribution in [1.29, 1.82) is 5.26 Å². The summed E-state index contributed by atoms with van der Waals surface area (Å²) < 4.78 is 27.0. The molecule has 1 saturated heterocycles. The van der Waals surface area contributed by atoms with Gasteiger partial charge in [0.05, 0.1) is 17.3 Å². The quantitative estimate of drug-likeness (QED) is 0.461. The van der Waals surface area contributed by atoms with E-state index >= 15 is 0 Å². The number of carbonyl (C=O) groups is 4. The summed E-state index contributed by atoms with van der Waals surface area (Å²) in [4.78, 5) is 50.8. The van der Waals surface area contributed by atoms with Crippen molar-refractivity contribution in [2.75, 3.05) is 6.61 Å². The van der Waals surface area contributed by atoms with Gasteiger partial charge in [-0.2, -0.15) is 5.26 Å². The maximum atomic E-state index is 11.8. The maximum absolute atomic E-state index is 11.8. The van der Waals surface area contributed by atoms with Gasteiger partial charge in [0.2, 0.25) is 0 Å². The van der Waals surface area contributed by atoms with Crippen molar-refractivity contribution >= 4 is 23.9 Å². The molecule has 0 aromatic carbocycles. The first-order chi connectivity index (χ1) is 14.6. The van der Waals surface area contributed by atoms with Gasteiger partial charge in [-0.15, -0.1) is 0 Å². The third-order valence-corrected chi connectivity index (χ3v) is 4.19. The van der Waals surface area contributed by atoms with Crippen molar-refractivity contribution in [3.63, 3.8) is 0 Å². The van der Waals surface area contributed by atoms with Gasteiger partial charge in [0.25, 0.3) is 0 Å². The lowest BCUT2D eigenvalue weighted by molar-refractivity contribution is -0.255. The molecule has 0 N–H and O–H groups in total. The smallest absolute Gasteiger partial charge is 0.303 e. The molecular weight excluding hydrogens is 412 g/mol. The predicted molar refractivity (Wildman–Crippen MR) is 99.9 cm³/mol. The minimum absolute atomic E-state index is 0.205. The maximum Gasteiger partial charge on any atom is 0.303 e. The van der Waals surface area contributed by atoms with Crippen LogP contribution in [0.3, 0.4) is 0 Å². The van der Waals surface area contributed by atoms with E-state index in [-0.39, 0.29) is 17.9 Å². The number of carbonyl (C=O) groups excluding carboxylic acids is 4. The van der Waals surface area contributed by atoms with Gasteiger partial charge in [0.1, 0.15) is 18.8 Å². The number of ether oxygens (including phenoxy) is 5. The van der Waals surface area contributed by atoms with Crippen LogP contribution in [0.5, 0.6) is 0 Å². The lowest BCUT2D eigenvalue weighted by atomic mass is 9.92. The summed E-state index contributed by atoms with van der Waals surface area (Å²) >= 11 is 0. The summed E-state index contributed by atoms with van der Waals surface area (Å²) in [5.74, 6) is -2.78. The first-order valence-electron chi connectivity index (χ1n) is 9.29. The molecule has 1 fully saturated rings. The fraction of sp³-hybridized carbons (Fsp3) is 0.500. The van der Waals surface area contributed by atoms with Gasteiger partial charge in [0.15, 0.2) is 18.3 Å². The lowest BCUT2D eigenvalue weighted by Gasteiger charge is -2.44. The number of aromatic nitrogens is 1. The van der Waals surface area contributed by atoms with Crippen LogP contribution in [0.2, 0.25) is 0 Å². The summed E-state index contributed by atoms with van der Waals surface area (Å²) in [6, 6.07) is 4.85. The van der Waals surface area contributed by atoms with E-state index in [9.17, 15) is 24.4 Å². The fourth-order valence-corrected chi connectivity index (χ4v) is 3.14. The molecule has 0 unspecified atom stereocenters. The number of esters is 4. The Balaban J connectivity index is 2.56. The van der Waals surface area contributed by atoms with Gasteiger partial charge in [-0.05, 0) is 12.1 Å². The zero-order valence-corrected chi connectivity index (χ0v) is 17.4. The summed E-state index contributed by atoms with van der Waals surface area (Å²) in [5, 5.41) is 9.19. The monoisotopic (exact) mass is 434 g/mol. The van der Waals surface area contributed by atoms with E-state index in [0.717, 1.165) is 20.8 Å². The van der Waals surface area contributed by atoms with Crippen molar-refractivity contribution < 1.29 is 42.9 Å². The average Bonchev–Trinajstić information content (AvgIpc) is 2.68. The van der Waals surface area contributed by atoms with Crippen LogP contribution in [-0.2, 0) is 42.9 Å². The Labute approximate surface area is 178 Å². The van der Waals surface area contributed by atoms with Gasteiger partial charge in [0, 0.05) is 33.9 Å². The molecule has 1 aromatic rings. The van der Waals surface area contributed by atoms with E-state index in [1.165, 1.54) is 25.3 Å². The van der Waals surface area contributed by atoms with Crippen LogP contribution in [0.4, 0.5) is 0 Å². The Morgan fingerprint density at radius 1 is 0.968 bits per heavy atom. The molecule has 0 amide bonds. The number of nitrogens with zero attached hydrogens (tertiary/aromatic N) is 2. The number of nitriles is 1. The number of hydrogen-bond acceptors (Lipinski definition) is 11. The second-order valence-electron chi connectivity index (χ2n) is 6.70. The second kappa shape index (κ2) is 10.5. The molecule has 2 heterocycles. The normalized spacial score (nSPS) is 24.9. The standard InChI is InChI=1S/C20H22N2O9/c1-10(23)27-9-16-18(28-11(2)24)20(30-13(4)26)19(29-12(3)25)17(31-16)15-7-14(8-21)5-6-22-15/h5-7,16-20H,9H2,1-4H3/t16-,17-,18-,19-,20+/m1/s1. The summed E-state index contributed by atoms with van der Waals surface area (Å²) in [5.41, 5.74) is 0.467. The highest BCUT2D eigenvalue weighted by molar-refractivity contribution is 5.68. The molecule has 0 aliphatic carbocycles. The molecule has 1 aromatic heterocycles. The number of pyridine rings is 1. The third-order valence-electron chi connectivity index (χ3n) is 4.19. The van der Waals surface area contributed by atoms with Gasteiger partial charge in [-0.1, -0.05) is 0 Å². The third kappa shape index (κ3) is 6.48. The Bertz CT molecular complexity index is 895. The van der Waals surface area contributed by atoms with Crippen LogP contribution < -0.4 is 0 Å². The molecule has 0 bridgehead atoms. The topological polar surface area (TPSA) is 151 Å². The highest BCUT2D eigenvalue weighted by Gasteiger charge is 2.53. The summed E-state index contributed by atoms with van der Waals surface area (Å²) in [7, 11) is 0. The Morgan fingerprint density at radius 3 is 2.10 bits per heavy atom. The minimum Gasteiger partial charge on any atom is -0.463 e. The summed E-state index contributed by atoms with van der Waals surface area (Å²) in [6.45, 7) is 4.26. The Morgan fingerprint density at radius 2 is 1.55 bits per heavy atom. The highest BCUT2D eigenvalue weighted by atomic mass is 16.7. The highest BCUT2D eigenvalue weighted by Crippen LogP contribution is 2.37. The van der Waals surface area contributed by atoms with E-state index in [1.807, 2.05) is 6.07 Å². The lowest BCUT2D eigenvalue weighted by Crippen LogP contribution is -2.59. The van der Waals surface area contributed by atoms with Crippen molar-refractivity contribution in [2.24, 2.45) is 0 Å². The zero-order valence-electron chi connectivity index (χ0n) is 17.4. The van der Waals surface area contributed by atoms with Gasteiger partial charge >= 0.3 is 23.9 Å². The largest absolute Gasteiger partial charge is 0.463 e. The minimum atomic E-state index is -1.29. The molecule has 5 atom stereocenters. The second-order valence-corrected chi connectivity index (χ2v) is 6.70. The van der Waals surface area contributed by atoms with Gasteiger partial charge in [-0.25, -0.2) is 0 Å². The van der Waals surface area contributed by atoms with E-state index in [1.54, 1.807) is 0 Å². The van der Waals surface area contributed by atoms with Crippen molar-refractivity contribution in [1.82, 2.24) is 4.98 Å². The van der Waals surface area contributed by atoms with Crippen molar-refractivity contribution in [3.05, 3.63) is 29.6 Å². The molecular formula is C20H22N2O9. The van der Waals surface area contributed by atoms with Crippen molar-refractivity contribution in [3.8, 4) is 6.07 Å². The van der Waals surface area contributed by atoms with E-state index < -0.39 is 54.4 Å². The Hall–Kier alpha value is -3.52. The van der Waals surface area contributed by atoms with Crippen LogP contribution in [0, 0.1) is 11.3 Å². The van der Waals surface area contributed by atoms with Crippen LogP contribution in [0.1, 0.15) is 45.1 Å². The fourth-order valence-electron chi connectivity index (χ4n) is 3.14. The molecule has 0 spiro atoms. The zero-order chi connectivity index (χ0) is 23.1. The van der Waals surface area contributed by atoms with Gasteiger partial charge < -0.3 is 23.7 Å². The van der Waals surface area contributed by atoms with Gasteiger partial charge in [-0.3, -0.25) is 24.2 Å². The average molecular weight is 434 g/mol. The number of hydrogen-bond donors (Lipinski definition) is 0. The molecule has 11 heteroatoms. The number of rotatable bonds is 6. The molecule has 31 heavy (non-hydrogen) atoms. The van der Waals surface area contributed by atoms with E-state index in [2.05, 4.69) is 4.98 Å². The van der Waals surface area contributed by atoms with Crippen LogP contribution >= 0.6 is 0 Å². The first-order valence-corrected chi connectivity index (χ1v) is 9.29. The van der Waals surface area contributed by atoms with E-state index in [4.69, 9.17) is 23.7 Å².